The second kappa shape index (κ2) is 5.06. The molecule has 0 bridgehead atoms. The quantitative estimate of drug-likeness (QED) is 0.604. The summed E-state index contributed by atoms with van der Waals surface area (Å²) >= 11 is 0. The molecule has 1 aromatic carbocycles. The zero-order valence-corrected chi connectivity index (χ0v) is 11.8. The van der Waals surface area contributed by atoms with Gasteiger partial charge in [-0.1, -0.05) is 13.8 Å². The van der Waals surface area contributed by atoms with E-state index in [0.29, 0.717) is 0 Å². The lowest BCUT2D eigenvalue weighted by atomic mass is 9.93. The van der Waals surface area contributed by atoms with Crippen LogP contribution in [0, 0.1) is 0 Å². The fourth-order valence-electron chi connectivity index (χ4n) is 2.54. The zero-order chi connectivity index (χ0) is 14.0. The second-order valence-electron chi connectivity index (χ2n) is 5.15. The van der Waals surface area contributed by atoms with E-state index in [1.54, 1.807) is 20.3 Å². The van der Waals surface area contributed by atoms with Gasteiger partial charge in [0.2, 0.25) is 6.08 Å². The van der Waals surface area contributed by atoms with E-state index in [-0.39, 0.29) is 5.92 Å². The summed E-state index contributed by atoms with van der Waals surface area (Å²) in [6, 6.07) is 3.87. The first kappa shape index (κ1) is 13.6. The molecule has 1 aliphatic carbocycles. The first-order valence-electron chi connectivity index (χ1n) is 6.44. The van der Waals surface area contributed by atoms with Gasteiger partial charge in [0.05, 0.1) is 14.2 Å². The lowest BCUT2D eigenvalue weighted by molar-refractivity contribution is 0.375. The number of benzene rings is 1. The monoisotopic (exact) mass is 261 g/mol. The fourth-order valence-corrected chi connectivity index (χ4v) is 2.54. The van der Waals surface area contributed by atoms with Crippen molar-refractivity contribution < 1.29 is 14.3 Å². The third-order valence-electron chi connectivity index (χ3n) is 3.64. The Labute approximate surface area is 113 Å². The first-order chi connectivity index (χ1) is 9.09. The molecule has 19 heavy (non-hydrogen) atoms. The van der Waals surface area contributed by atoms with E-state index in [4.69, 9.17) is 9.47 Å². The van der Waals surface area contributed by atoms with Crippen molar-refractivity contribution in [3.05, 3.63) is 23.3 Å². The second-order valence-corrected chi connectivity index (χ2v) is 5.15. The highest BCUT2D eigenvalue weighted by atomic mass is 16.5. The lowest BCUT2D eigenvalue weighted by Gasteiger charge is -2.21. The minimum atomic E-state index is -0.428. The van der Waals surface area contributed by atoms with E-state index < -0.39 is 5.54 Å². The van der Waals surface area contributed by atoms with Crippen LogP contribution in [0.3, 0.4) is 0 Å². The molecular weight excluding hydrogens is 242 g/mol. The van der Waals surface area contributed by atoms with Gasteiger partial charge in [-0.25, -0.2) is 4.79 Å². The summed E-state index contributed by atoms with van der Waals surface area (Å²) < 4.78 is 11.0. The molecule has 1 saturated carbocycles. The Kier molecular flexibility index (Phi) is 3.63. The number of hydrogen-bond donors (Lipinski definition) is 0. The van der Waals surface area contributed by atoms with Gasteiger partial charge in [-0.05, 0) is 30.9 Å². The molecule has 4 nitrogen and oxygen atoms in total. The van der Waals surface area contributed by atoms with E-state index in [1.165, 1.54) is 0 Å². The predicted molar refractivity (Wildman–Crippen MR) is 72.7 cm³/mol. The topological polar surface area (TPSA) is 47.9 Å². The van der Waals surface area contributed by atoms with Crippen molar-refractivity contribution in [1.29, 1.82) is 0 Å². The summed E-state index contributed by atoms with van der Waals surface area (Å²) in [6.45, 7) is 4.18. The predicted octanol–water partition coefficient (Wildman–Crippen LogP) is 3.15. The molecule has 0 unspecified atom stereocenters. The zero-order valence-electron chi connectivity index (χ0n) is 11.8. The van der Waals surface area contributed by atoms with Gasteiger partial charge in [0.1, 0.15) is 17.0 Å². The summed E-state index contributed by atoms with van der Waals surface area (Å²) in [6.07, 6.45) is 3.41. The van der Waals surface area contributed by atoms with Gasteiger partial charge in [0.15, 0.2) is 0 Å². The molecule has 0 spiro atoms. The molecule has 2 rings (SSSR count). The van der Waals surface area contributed by atoms with E-state index >= 15 is 0 Å². The maximum absolute atomic E-state index is 10.6. The maximum atomic E-state index is 10.6. The van der Waals surface area contributed by atoms with Crippen LogP contribution in [0.4, 0.5) is 0 Å². The summed E-state index contributed by atoms with van der Waals surface area (Å²) in [7, 11) is 3.29. The number of rotatable bonds is 5. The van der Waals surface area contributed by atoms with E-state index in [2.05, 4.69) is 18.8 Å². The van der Waals surface area contributed by atoms with Gasteiger partial charge >= 0.3 is 0 Å². The molecule has 0 N–H and O–H groups in total. The van der Waals surface area contributed by atoms with Gasteiger partial charge in [-0.3, -0.25) is 0 Å². The van der Waals surface area contributed by atoms with Crippen molar-refractivity contribution in [2.75, 3.05) is 14.2 Å². The Morgan fingerprint density at radius 3 is 2.37 bits per heavy atom. The lowest BCUT2D eigenvalue weighted by Crippen LogP contribution is -2.09. The summed E-state index contributed by atoms with van der Waals surface area (Å²) in [4.78, 5) is 14.6. The summed E-state index contributed by atoms with van der Waals surface area (Å²) in [5.74, 6) is 1.85. The van der Waals surface area contributed by atoms with Crippen molar-refractivity contribution >= 4 is 6.08 Å². The molecule has 0 atom stereocenters. The molecule has 1 aliphatic rings. The molecule has 102 valence electrons. The number of isocyanates is 1. The molecule has 0 aliphatic heterocycles. The van der Waals surface area contributed by atoms with E-state index in [0.717, 1.165) is 35.5 Å². The van der Waals surface area contributed by atoms with Crippen LogP contribution in [-0.2, 0) is 10.3 Å². The average Bonchev–Trinajstić information content (AvgIpc) is 3.17. The van der Waals surface area contributed by atoms with Crippen LogP contribution in [-0.4, -0.2) is 20.3 Å². The molecule has 1 fully saturated rings. The normalized spacial score (nSPS) is 15.8. The number of aliphatic imine (C=N–C) groups is 1. The molecule has 0 aromatic heterocycles. The highest BCUT2D eigenvalue weighted by Crippen LogP contribution is 2.54. The van der Waals surface area contributed by atoms with Gasteiger partial charge in [-0.2, -0.15) is 4.99 Å². The summed E-state index contributed by atoms with van der Waals surface area (Å²) in [5, 5.41) is 0. The third-order valence-corrected chi connectivity index (χ3v) is 3.64. The van der Waals surface area contributed by atoms with Gasteiger partial charge in [-0.15, -0.1) is 0 Å². The maximum Gasteiger partial charge on any atom is 0.235 e. The van der Waals surface area contributed by atoms with Crippen LogP contribution >= 0.6 is 0 Å². The molecular formula is C15H19NO3. The van der Waals surface area contributed by atoms with Crippen LogP contribution in [0.25, 0.3) is 0 Å². The molecule has 1 aromatic rings. The first-order valence-corrected chi connectivity index (χ1v) is 6.44. The minimum Gasteiger partial charge on any atom is -0.496 e. The van der Waals surface area contributed by atoms with E-state index in [9.17, 15) is 4.79 Å². The highest BCUT2D eigenvalue weighted by Gasteiger charge is 2.47. The van der Waals surface area contributed by atoms with Crippen molar-refractivity contribution in [3.63, 3.8) is 0 Å². The molecule has 0 radical (unpaired) electrons. The van der Waals surface area contributed by atoms with Crippen LogP contribution < -0.4 is 9.47 Å². The smallest absolute Gasteiger partial charge is 0.235 e. The highest BCUT2D eigenvalue weighted by molar-refractivity contribution is 5.56. The van der Waals surface area contributed by atoms with Crippen molar-refractivity contribution in [3.8, 4) is 11.5 Å². The van der Waals surface area contributed by atoms with Crippen molar-refractivity contribution in [2.45, 2.75) is 38.1 Å². The Morgan fingerprint density at radius 1 is 1.26 bits per heavy atom. The summed E-state index contributed by atoms with van der Waals surface area (Å²) in [5.41, 5.74) is 1.56. The van der Waals surface area contributed by atoms with Gasteiger partial charge in [0, 0.05) is 11.1 Å². The molecule has 0 amide bonds. The van der Waals surface area contributed by atoms with Crippen LogP contribution in [0.2, 0.25) is 0 Å². The van der Waals surface area contributed by atoms with Crippen molar-refractivity contribution in [1.82, 2.24) is 0 Å². The number of nitrogens with zero attached hydrogens (tertiary/aromatic N) is 1. The average molecular weight is 261 g/mol. The number of carbonyl (C=O) groups excluding carboxylic acids is 1. The van der Waals surface area contributed by atoms with Gasteiger partial charge in [0.25, 0.3) is 0 Å². The Morgan fingerprint density at radius 2 is 1.95 bits per heavy atom. The Hall–Kier alpha value is -1.80. The van der Waals surface area contributed by atoms with Crippen LogP contribution in [0.1, 0.15) is 43.7 Å². The third kappa shape index (κ3) is 2.24. The standard InChI is InChI=1S/C15H19NO3/c1-10(2)13-12(18-3)6-5-11(14(13)19-4)15(7-8-15)16-9-17/h5-6,10H,7-8H2,1-4H3. The SMILES string of the molecule is COc1ccc(C2(N=C=O)CC2)c(OC)c1C(C)C. The van der Waals surface area contributed by atoms with Gasteiger partial charge < -0.3 is 9.47 Å². The largest absolute Gasteiger partial charge is 0.496 e. The number of methoxy groups -OCH3 is 2. The van der Waals surface area contributed by atoms with Crippen molar-refractivity contribution in [2.24, 2.45) is 4.99 Å². The Balaban J connectivity index is 2.63. The fraction of sp³-hybridized carbons (Fsp3) is 0.533. The number of ether oxygens (including phenoxy) is 2. The number of hydrogen-bond acceptors (Lipinski definition) is 4. The van der Waals surface area contributed by atoms with Crippen LogP contribution in [0.15, 0.2) is 17.1 Å². The van der Waals surface area contributed by atoms with Crippen LogP contribution in [0.5, 0.6) is 11.5 Å². The van der Waals surface area contributed by atoms with E-state index in [1.807, 2.05) is 12.1 Å². The molecule has 0 saturated heterocycles. The molecule has 4 heteroatoms. The minimum absolute atomic E-state index is 0.265. The Bertz CT molecular complexity index is 526. The molecule has 0 heterocycles.